The van der Waals surface area contributed by atoms with Crippen LogP contribution in [-0.2, 0) is 11.2 Å². The summed E-state index contributed by atoms with van der Waals surface area (Å²) in [5.74, 6) is 0.126. The predicted octanol–water partition coefficient (Wildman–Crippen LogP) is 2.29. The summed E-state index contributed by atoms with van der Waals surface area (Å²) < 4.78 is 5.49. The summed E-state index contributed by atoms with van der Waals surface area (Å²) in [5, 5.41) is 10.4. The van der Waals surface area contributed by atoms with E-state index in [1.165, 1.54) is 5.56 Å². The van der Waals surface area contributed by atoms with Gasteiger partial charge in [0.05, 0.1) is 12.2 Å². The van der Waals surface area contributed by atoms with E-state index >= 15 is 0 Å². The van der Waals surface area contributed by atoms with E-state index in [-0.39, 0.29) is 12.0 Å². The Morgan fingerprint density at radius 3 is 3.18 bits per heavy atom. The minimum Gasteiger partial charge on any atom is -0.390 e. The second-order valence-corrected chi connectivity index (χ2v) is 4.70. The largest absolute Gasteiger partial charge is 0.390 e. The molecule has 3 unspecified atom stereocenters. The zero-order valence-corrected chi connectivity index (χ0v) is 10.6. The van der Waals surface area contributed by atoms with Crippen LogP contribution < -0.4 is 0 Å². The molecule has 1 aromatic heterocycles. The maximum atomic E-state index is 10.4. The van der Waals surface area contributed by atoms with Crippen LogP contribution in [0, 0.1) is 0 Å². The summed E-state index contributed by atoms with van der Waals surface area (Å²) in [6.45, 7) is 4.53. The van der Waals surface area contributed by atoms with Gasteiger partial charge in [-0.2, -0.15) is 0 Å². The van der Waals surface area contributed by atoms with Crippen LogP contribution in [0.5, 0.6) is 0 Å². The Bertz CT molecular complexity index is 367. The lowest BCUT2D eigenvalue weighted by atomic mass is 9.82. The van der Waals surface area contributed by atoms with E-state index in [4.69, 9.17) is 4.74 Å². The first-order valence-electron chi connectivity index (χ1n) is 6.47. The van der Waals surface area contributed by atoms with Gasteiger partial charge in [0.2, 0.25) is 0 Å². The van der Waals surface area contributed by atoms with E-state index in [2.05, 4.69) is 11.1 Å². The van der Waals surface area contributed by atoms with Gasteiger partial charge in [0.1, 0.15) is 0 Å². The summed E-state index contributed by atoms with van der Waals surface area (Å²) in [7, 11) is 0. The number of aliphatic hydroxyl groups is 1. The molecule has 0 saturated heterocycles. The Balaban J connectivity index is 2.17. The highest BCUT2D eigenvalue weighted by Gasteiger charge is 2.31. The molecular weight excluding hydrogens is 214 g/mol. The Morgan fingerprint density at radius 2 is 2.41 bits per heavy atom. The zero-order valence-electron chi connectivity index (χ0n) is 10.6. The summed E-state index contributed by atoms with van der Waals surface area (Å²) in [6, 6.07) is 4.09. The number of ether oxygens (including phenoxy) is 1. The molecule has 17 heavy (non-hydrogen) atoms. The van der Waals surface area contributed by atoms with Gasteiger partial charge >= 0.3 is 0 Å². The van der Waals surface area contributed by atoms with E-state index in [0.717, 1.165) is 25.0 Å². The topological polar surface area (TPSA) is 42.4 Å². The number of nitrogens with zero attached hydrogens (tertiary/aromatic N) is 1. The summed E-state index contributed by atoms with van der Waals surface area (Å²) in [6.07, 6.45) is 4.44. The van der Waals surface area contributed by atoms with Crippen molar-refractivity contribution in [1.29, 1.82) is 0 Å². The van der Waals surface area contributed by atoms with Gasteiger partial charge < -0.3 is 9.84 Å². The molecule has 0 amide bonds. The number of pyridine rings is 1. The number of aromatic nitrogens is 1. The van der Waals surface area contributed by atoms with Crippen molar-refractivity contribution in [2.45, 2.75) is 51.2 Å². The average molecular weight is 235 g/mol. The van der Waals surface area contributed by atoms with Gasteiger partial charge in [-0.05, 0) is 44.7 Å². The normalized spacial score (nSPS) is 22.9. The maximum absolute atomic E-state index is 10.4. The van der Waals surface area contributed by atoms with Crippen LogP contribution >= 0.6 is 0 Å². The van der Waals surface area contributed by atoms with Crippen molar-refractivity contribution >= 4 is 0 Å². The summed E-state index contributed by atoms with van der Waals surface area (Å²) >= 11 is 0. The smallest absolute Gasteiger partial charge is 0.0882 e. The van der Waals surface area contributed by atoms with Crippen LogP contribution in [0.1, 0.15) is 43.9 Å². The van der Waals surface area contributed by atoms with Crippen LogP contribution in [0.25, 0.3) is 0 Å². The van der Waals surface area contributed by atoms with Crippen molar-refractivity contribution in [3.8, 4) is 0 Å². The molecule has 2 rings (SSSR count). The third-order valence-electron chi connectivity index (χ3n) is 3.56. The van der Waals surface area contributed by atoms with Crippen LogP contribution in [0.2, 0.25) is 0 Å². The molecule has 1 heterocycles. The Morgan fingerprint density at radius 1 is 1.59 bits per heavy atom. The molecule has 1 aliphatic rings. The van der Waals surface area contributed by atoms with Crippen LogP contribution in [0.4, 0.5) is 0 Å². The number of hydrogen-bond acceptors (Lipinski definition) is 3. The summed E-state index contributed by atoms with van der Waals surface area (Å²) in [4.78, 5) is 4.45. The molecule has 3 atom stereocenters. The number of aryl methyl sites for hydroxylation is 1. The van der Waals surface area contributed by atoms with Crippen molar-refractivity contribution in [2.75, 3.05) is 6.61 Å². The van der Waals surface area contributed by atoms with Gasteiger partial charge in [0, 0.05) is 24.4 Å². The molecule has 94 valence electrons. The highest BCUT2D eigenvalue weighted by atomic mass is 16.5. The van der Waals surface area contributed by atoms with Crippen LogP contribution in [0.15, 0.2) is 18.3 Å². The fourth-order valence-electron chi connectivity index (χ4n) is 2.67. The van der Waals surface area contributed by atoms with Crippen molar-refractivity contribution < 1.29 is 9.84 Å². The fraction of sp³-hybridized carbons (Fsp3) is 0.643. The molecule has 1 N–H and O–H groups in total. The molecule has 0 fully saturated rings. The van der Waals surface area contributed by atoms with Crippen molar-refractivity contribution in [3.63, 3.8) is 0 Å². The van der Waals surface area contributed by atoms with Crippen LogP contribution in [0.3, 0.4) is 0 Å². The monoisotopic (exact) mass is 235 g/mol. The lowest BCUT2D eigenvalue weighted by molar-refractivity contribution is -0.0365. The first-order chi connectivity index (χ1) is 8.24. The highest BCUT2D eigenvalue weighted by Crippen LogP contribution is 2.33. The second kappa shape index (κ2) is 5.61. The molecule has 0 aliphatic heterocycles. The van der Waals surface area contributed by atoms with E-state index < -0.39 is 6.10 Å². The first-order valence-corrected chi connectivity index (χ1v) is 6.47. The zero-order chi connectivity index (χ0) is 12.3. The van der Waals surface area contributed by atoms with Gasteiger partial charge in [-0.15, -0.1) is 0 Å². The quantitative estimate of drug-likeness (QED) is 0.870. The standard InChI is InChI=1S/C14H21NO2/c1-3-17-10(2)14(16)12-8-4-6-11-7-5-9-15-13(11)12/h5,7,9-10,12,14,16H,3-4,6,8H2,1-2H3. The molecule has 0 saturated carbocycles. The van der Waals surface area contributed by atoms with E-state index in [1.54, 1.807) is 0 Å². The molecule has 1 aromatic rings. The molecule has 3 nitrogen and oxygen atoms in total. The SMILES string of the molecule is CCOC(C)C(O)C1CCCc2cccnc21. The van der Waals surface area contributed by atoms with E-state index in [0.29, 0.717) is 6.61 Å². The number of hydrogen-bond donors (Lipinski definition) is 1. The highest BCUT2D eigenvalue weighted by molar-refractivity contribution is 5.27. The Kier molecular flexibility index (Phi) is 4.13. The molecule has 0 spiro atoms. The second-order valence-electron chi connectivity index (χ2n) is 4.70. The molecule has 3 heteroatoms. The summed E-state index contributed by atoms with van der Waals surface area (Å²) in [5.41, 5.74) is 2.35. The lowest BCUT2D eigenvalue weighted by Crippen LogP contribution is -2.34. The molecule has 0 bridgehead atoms. The van der Waals surface area contributed by atoms with Crippen LogP contribution in [-0.4, -0.2) is 28.9 Å². The van der Waals surface area contributed by atoms with Crippen molar-refractivity contribution in [1.82, 2.24) is 4.98 Å². The Labute approximate surface area is 103 Å². The van der Waals surface area contributed by atoms with Gasteiger partial charge in [0.15, 0.2) is 0 Å². The minimum atomic E-state index is -0.455. The molecule has 1 aliphatic carbocycles. The van der Waals surface area contributed by atoms with E-state index in [1.807, 2.05) is 26.1 Å². The Hall–Kier alpha value is -0.930. The molecular formula is C14H21NO2. The number of aliphatic hydroxyl groups excluding tert-OH is 1. The maximum Gasteiger partial charge on any atom is 0.0882 e. The van der Waals surface area contributed by atoms with Gasteiger partial charge in [0.25, 0.3) is 0 Å². The molecule has 0 aromatic carbocycles. The van der Waals surface area contributed by atoms with Gasteiger partial charge in [-0.1, -0.05) is 6.07 Å². The van der Waals surface area contributed by atoms with Gasteiger partial charge in [-0.25, -0.2) is 0 Å². The third kappa shape index (κ3) is 2.67. The molecule has 0 radical (unpaired) electrons. The van der Waals surface area contributed by atoms with E-state index in [9.17, 15) is 5.11 Å². The number of rotatable bonds is 4. The first kappa shape index (κ1) is 12.5. The fourth-order valence-corrected chi connectivity index (χ4v) is 2.67. The lowest BCUT2D eigenvalue weighted by Gasteiger charge is -2.31. The van der Waals surface area contributed by atoms with Gasteiger partial charge in [-0.3, -0.25) is 4.98 Å². The van der Waals surface area contributed by atoms with Crippen molar-refractivity contribution in [2.24, 2.45) is 0 Å². The minimum absolute atomic E-state index is 0.126. The predicted molar refractivity (Wildman–Crippen MR) is 67.0 cm³/mol. The van der Waals surface area contributed by atoms with Crippen molar-refractivity contribution in [3.05, 3.63) is 29.6 Å². The average Bonchev–Trinajstić information content (AvgIpc) is 2.37. The number of fused-ring (bicyclic) bond motifs is 1. The third-order valence-corrected chi connectivity index (χ3v) is 3.56.